The number of anilines is 1. The van der Waals surface area contributed by atoms with Crippen LogP contribution in [0.5, 0.6) is 0 Å². The molecular weight excluding hydrogens is 382 g/mol. The number of rotatable bonds is 4. The van der Waals surface area contributed by atoms with E-state index in [0.29, 0.717) is 12.0 Å². The number of hydrogen-bond acceptors (Lipinski definition) is 3. The number of benzene rings is 1. The molecule has 0 spiro atoms. The molecule has 1 aromatic carbocycles. The van der Waals surface area contributed by atoms with Crippen molar-refractivity contribution >= 4 is 33.5 Å². The molecule has 4 saturated carbocycles. The number of alkyl halides is 1. The predicted molar refractivity (Wildman–Crippen MR) is 99.8 cm³/mol. The molecule has 1 aromatic rings. The van der Waals surface area contributed by atoms with Gasteiger partial charge in [-0.3, -0.25) is 4.79 Å². The maximum Gasteiger partial charge on any atom is 0.337 e. The van der Waals surface area contributed by atoms with E-state index in [1.54, 1.807) is 24.3 Å². The lowest BCUT2D eigenvalue weighted by atomic mass is 9.48. The third-order valence-corrected chi connectivity index (χ3v) is 7.16. The molecule has 0 aliphatic heterocycles. The molecule has 5 rings (SSSR count). The topological polar surface area (TPSA) is 55.4 Å². The van der Waals surface area contributed by atoms with Crippen LogP contribution in [0.25, 0.3) is 0 Å². The Morgan fingerprint density at radius 3 is 2.36 bits per heavy atom. The van der Waals surface area contributed by atoms with Crippen molar-refractivity contribution in [2.75, 3.05) is 12.4 Å². The smallest absolute Gasteiger partial charge is 0.337 e. The van der Waals surface area contributed by atoms with Crippen LogP contribution in [-0.2, 0) is 9.53 Å². The molecule has 1 amide bonds. The zero-order valence-corrected chi connectivity index (χ0v) is 16.1. The highest BCUT2D eigenvalue weighted by Gasteiger charge is 2.57. The quantitative estimate of drug-likeness (QED) is 0.590. The fraction of sp³-hybridized carbons (Fsp3) is 0.600. The van der Waals surface area contributed by atoms with E-state index in [1.165, 1.54) is 39.2 Å². The number of carbonyl (C=O) groups is 2. The van der Waals surface area contributed by atoms with Crippen LogP contribution in [0.1, 0.15) is 55.3 Å². The molecule has 4 nitrogen and oxygen atoms in total. The van der Waals surface area contributed by atoms with Crippen LogP contribution >= 0.6 is 15.9 Å². The van der Waals surface area contributed by atoms with Gasteiger partial charge in [-0.2, -0.15) is 0 Å². The number of esters is 1. The Morgan fingerprint density at radius 1 is 1.16 bits per heavy atom. The van der Waals surface area contributed by atoms with Crippen molar-refractivity contribution in [3.05, 3.63) is 29.8 Å². The van der Waals surface area contributed by atoms with Crippen LogP contribution in [-0.4, -0.2) is 23.3 Å². The third kappa shape index (κ3) is 3.35. The van der Waals surface area contributed by atoms with Gasteiger partial charge >= 0.3 is 5.97 Å². The van der Waals surface area contributed by atoms with Gasteiger partial charge in [-0.05, 0) is 80.0 Å². The monoisotopic (exact) mass is 405 g/mol. The molecule has 4 aliphatic carbocycles. The zero-order chi connectivity index (χ0) is 17.7. The van der Waals surface area contributed by atoms with Crippen LogP contribution in [0.3, 0.4) is 0 Å². The van der Waals surface area contributed by atoms with E-state index in [4.69, 9.17) is 4.74 Å². The van der Waals surface area contributed by atoms with Gasteiger partial charge in [-0.15, -0.1) is 0 Å². The maximum absolute atomic E-state index is 12.7. The van der Waals surface area contributed by atoms with Crippen molar-refractivity contribution in [2.45, 2.75) is 49.3 Å². The van der Waals surface area contributed by atoms with Gasteiger partial charge in [0.1, 0.15) is 0 Å². The first-order chi connectivity index (χ1) is 11.9. The Kier molecular flexibility index (Phi) is 4.18. The normalized spacial score (nSPS) is 35.4. The van der Waals surface area contributed by atoms with Gasteiger partial charge < -0.3 is 10.1 Å². The summed E-state index contributed by atoms with van der Waals surface area (Å²) in [5.41, 5.74) is 1.39. The lowest BCUT2D eigenvalue weighted by molar-refractivity contribution is -0.123. The largest absolute Gasteiger partial charge is 0.465 e. The fourth-order valence-corrected chi connectivity index (χ4v) is 7.41. The zero-order valence-electron chi connectivity index (χ0n) is 14.5. The maximum atomic E-state index is 12.7. The molecule has 25 heavy (non-hydrogen) atoms. The Balaban J connectivity index is 1.42. The van der Waals surface area contributed by atoms with Gasteiger partial charge in [-0.25, -0.2) is 4.79 Å². The predicted octanol–water partition coefficient (Wildman–Crippen LogP) is 4.54. The molecule has 0 radical (unpaired) electrons. The Morgan fingerprint density at radius 2 is 1.80 bits per heavy atom. The molecule has 0 heterocycles. The van der Waals surface area contributed by atoms with Gasteiger partial charge in [0.15, 0.2) is 0 Å². The number of halogens is 1. The molecule has 4 aliphatic rings. The highest BCUT2D eigenvalue weighted by atomic mass is 79.9. The van der Waals surface area contributed by atoms with Crippen LogP contribution in [0.2, 0.25) is 0 Å². The summed E-state index contributed by atoms with van der Waals surface area (Å²) in [6, 6.07) is 6.88. The Hall–Kier alpha value is -1.36. The lowest BCUT2D eigenvalue weighted by Gasteiger charge is -2.60. The molecule has 2 atom stereocenters. The SMILES string of the molecule is COC(=O)c1ccc(NC(=O)CC23C[C@H]4C[C@@H](CC(Br)(C4)C2)C3)cc1. The molecular formula is C20H24BrNO3. The van der Waals surface area contributed by atoms with Gasteiger partial charge in [0.05, 0.1) is 12.7 Å². The Labute approximate surface area is 156 Å². The third-order valence-electron chi connectivity index (χ3n) is 6.24. The van der Waals surface area contributed by atoms with Gasteiger partial charge in [0, 0.05) is 16.4 Å². The van der Waals surface area contributed by atoms with Crippen molar-refractivity contribution < 1.29 is 14.3 Å². The van der Waals surface area contributed by atoms with Crippen LogP contribution in [0, 0.1) is 17.3 Å². The summed E-state index contributed by atoms with van der Waals surface area (Å²) in [6.07, 6.45) is 8.04. The summed E-state index contributed by atoms with van der Waals surface area (Å²) >= 11 is 4.00. The molecule has 4 bridgehead atoms. The van der Waals surface area contributed by atoms with Gasteiger partial charge in [0.25, 0.3) is 0 Å². The lowest BCUT2D eigenvalue weighted by Crippen LogP contribution is -2.53. The number of carbonyl (C=O) groups excluding carboxylic acids is 2. The first-order valence-electron chi connectivity index (χ1n) is 9.06. The minimum Gasteiger partial charge on any atom is -0.465 e. The summed E-state index contributed by atoms with van der Waals surface area (Å²) in [4.78, 5) is 24.1. The van der Waals surface area contributed by atoms with E-state index in [9.17, 15) is 9.59 Å². The Bertz CT molecular complexity index is 685. The average molecular weight is 406 g/mol. The summed E-state index contributed by atoms with van der Waals surface area (Å²) in [7, 11) is 1.36. The molecule has 1 N–H and O–H groups in total. The summed E-state index contributed by atoms with van der Waals surface area (Å²) < 4.78 is 4.97. The second kappa shape index (κ2) is 6.11. The van der Waals surface area contributed by atoms with E-state index in [2.05, 4.69) is 21.2 Å². The molecule has 4 fully saturated rings. The minimum atomic E-state index is -0.367. The van der Waals surface area contributed by atoms with E-state index in [0.717, 1.165) is 23.9 Å². The molecule has 0 saturated heterocycles. The average Bonchev–Trinajstić information content (AvgIpc) is 2.51. The minimum absolute atomic E-state index is 0.0869. The summed E-state index contributed by atoms with van der Waals surface area (Å²) in [5, 5.41) is 3.01. The van der Waals surface area contributed by atoms with Crippen molar-refractivity contribution in [2.24, 2.45) is 17.3 Å². The van der Waals surface area contributed by atoms with Gasteiger partial charge in [0.2, 0.25) is 5.91 Å². The van der Waals surface area contributed by atoms with E-state index >= 15 is 0 Å². The molecule has 0 aromatic heterocycles. The number of hydrogen-bond donors (Lipinski definition) is 1. The first-order valence-corrected chi connectivity index (χ1v) is 9.85. The highest BCUT2D eigenvalue weighted by Crippen LogP contribution is 2.65. The number of methoxy groups -OCH3 is 1. The molecule has 5 heteroatoms. The van der Waals surface area contributed by atoms with Crippen LogP contribution in [0.15, 0.2) is 24.3 Å². The van der Waals surface area contributed by atoms with Gasteiger partial charge in [-0.1, -0.05) is 15.9 Å². The fourth-order valence-electron chi connectivity index (χ4n) is 5.90. The first kappa shape index (κ1) is 17.1. The highest BCUT2D eigenvalue weighted by molar-refractivity contribution is 9.10. The van der Waals surface area contributed by atoms with E-state index in [1.807, 2.05) is 0 Å². The standard InChI is InChI=1S/C20H24BrNO3/c1-25-18(24)15-2-4-16(5-3-15)22-17(23)11-19-7-13-6-14(8-19)10-20(21,9-13)12-19/h2-5,13-14H,6-12H2,1H3,(H,22,23)/t13-,14-,19?,20?/m1/s1. The van der Waals surface area contributed by atoms with Crippen LogP contribution in [0.4, 0.5) is 5.69 Å². The van der Waals surface area contributed by atoms with Crippen molar-refractivity contribution in [1.82, 2.24) is 0 Å². The van der Waals surface area contributed by atoms with Crippen LogP contribution < -0.4 is 5.32 Å². The number of nitrogens with one attached hydrogen (secondary N) is 1. The molecule has 134 valence electrons. The van der Waals surface area contributed by atoms with E-state index in [-0.39, 0.29) is 21.6 Å². The summed E-state index contributed by atoms with van der Waals surface area (Å²) in [6.45, 7) is 0. The summed E-state index contributed by atoms with van der Waals surface area (Å²) in [5.74, 6) is 1.29. The van der Waals surface area contributed by atoms with Crippen molar-refractivity contribution in [3.63, 3.8) is 0 Å². The molecule has 0 unspecified atom stereocenters. The number of ether oxygens (including phenoxy) is 1. The second-order valence-electron chi connectivity index (χ2n) is 8.41. The van der Waals surface area contributed by atoms with Crippen molar-refractivity contribution in [1.29, 1.82) is 0 Å². The second-order valence-corrected chi connectivity index (χ2v) is 10.1. The van der Waals surface area contributed by atoms with Crippen molar-refractivity contribution in [3.8, 4) is 0 Å². The van der Waals surface area contributed by atoms with E-state index < -0.39 is 0 Å². The number of amides is 1.